The number of aliphatic hydroxyl groups is 1. The third-order valence-corrected chi connectivity index (χ3v) is 7.01. The molecule has 2 N–H and O–H groups in total. The minimum atomic E-state index is -0.883. The first-order chi connectivity index (χ1) is 19.0. The molecule has 0 spiro atoms. The molecule has 200 valence electrons. The second-order valence-corrected chi connectivity index (χ2v) is 9.17. The molecule has 0 radical (unpaired) electrons. The zero-order valence-corrected chi connectivity index (χ0v) is 22.1. The number of methoxy groups -OCH3 is 2. The number of carbonyl (C=O) groups excluding carboxylic acids is 2. The predicted octanol–water partition coefficient (Wildman–Crippen LogP) is 5.25. The van der Waals surface area contributed by atoms with E-state index in [0.717, 1.165) is 16.5 Å². The maximum atomic E-state index is 13.5. The van der Waals surface area contributed by atoms with Crippen LogP contribution in [0.4, 0.5) is 0 Å². The number of H-pyrrole nitrogens is 1. The monoisotopic (exact) mass is 526 g/mol. The standard InChI is InChI=1S/C31H30N2O6/c1-4-39-21-11-9-19(10-12-21)29(34)27-28(24-17-22(37-2)13-14-26(24)38-3)33(31(36)30(27)35)16-15-20-18-32-25-8-6-5-7-23(20)25/h5-14,17-18,28,32,34H,4,15-16H2,1-3H3/t28-/m0/s1. The molecule has 1 atom stereocenters. The lowest BCUT2D eigenvalue weighted by Gasteiger charge is -2.27. The van der Waals surface area contributed by atoms with Gasteiger partial charge in [0.25, 0.3) is 11.7 Å². The van der Waals surface area contributed by atoms with Crippen LogP contribution in [0.25, 0.3) is 16.7 Å². The van der Waals surface area contributed by atoms with E-state index in [-0.39, 0.29) is 17.9 Å². The number of Topliss-reactive ketones (excluding diaryl/α,β-unsaturated/α-hetero) is 1. The molecular weight excluding hydrogens is 496 g/mol. The Hall–Kier alpha value is -4.72. The van der Waals surface area contributed by atoms with Crippen LogP contribution in [0.2, 0.25) is 0 Å². The summed E-state index contributed by atoms with van der Waals surface area (Å²) < 4.78 is 16.6. The van der Waals surface area contributed by atoms with Crippen molar-refractivity contribution in [2.75, 3.05) is 27.4 Å². The van der Waals surface area contributed by atoms with E-state index in [1.165, 1.54) is 12.0 Å². The molecule has 1 amide bonds. The van der Waals surface area contributed by atoms with Gasteiger partial charge in [-0.1, -0.05) is 18.2 Å². The smallest absolute Gasteiger partial charge is 0.295 e. The Morgan fingerprint density at radius 3 is 2.44 bits per heavy atom. The van der Waals surface area contributed by atoms with E-state index in [9.17, 15) is 14.7 Å². The van der Waals surface area contributed by atoms with E-state index in [1.54, 1.807) is 49.6 Å². The summed E-state index contributed by atoms with van der Waals surface area (Å²) in [5.74, 6) is -0.0565. The van der Waals surface area contributed by atoms with Gasteiger partial charge >= 0.3 is 0 Å². The molecule has 0 bridgehead atoms. The molecule has 0 unspecified atom stereocenters. The lowest BCUT2D eigenvalue weighted by molar-refractivity contribution is -0.139. The number of carbonyl (C=O) groups is 2. The zero-order chi connectivity index (χ0) is 27.5. The lowest BCUT2D eigenvalue weighted by atomic mass is 9.94. The van der Waals surface area contributed by atoms with Crippen LogP contribution in [0.15, 0.2) is 78.5 Å². The Bertz CT molecular complexity index is 1550. The van der Waals surface area contributed by atoms with Gasteiger partial charge < -0.3 is 29.2 Å². The molecule has 8 nitrogen and oxygen atoms in total. The highest BCUT2D eigenvalue weighted by atomic mass is 16.5. The van der Waals surface area contributed by atoms with Crippen LogP contribution in [-0.2, 0) is 16.0 Å². The summed E-state index contributed by atoms with van der Waals surface area (Å²) in [5, 5.41) is 12.5. The zero-order valence-electron chi connectivity index (χ0n) is 22.1. The van der Waals surface area contributed by atoms with E-state index in [2.05, 4.69) is 4.98 Å². The molecule has 1 fully saturated rings. The number of para-hydroxylation sites is 1. The summed E-state index contributed by atoms with van der Waals surface area (Å²) >= 11 is 0. The number of amides is 1. The average Bonchev–Trinajstić information content (AvgIpc) is 3.49. The van der Waals surface area contributed by atoms with Crippen molar-refractivity contribution >= 4 is 28.4 Å². The molecule has 39 heavy (non-hydrogen) atoms. The minimum absolute atomic E-state index is 0.00496. The fourth-order valence-electron chi connectivity index (χ4n) is 5.10. The molecule has 1 aliphatic heterocycles. The van der Waals surface area contributed by atoms with Gasteiger partial charge in [0, 0.05) is 34.8 Å². The summed E-state index contributed by atoms with van der Waals surface area (Å²) in [4.78, 5) is 31.7. The van der Waals surface area contributed by atoms with Crippen LogP contribution in [0.3, 0.4) is 0 Å². The number of aliphatic hydroxyl groups excluding tert-OH is 1. The number of ketones is 1. The average molecular weight is 527 g/mol. The van der Waals surface area contributed by atoms with E-state index >= 15 is 0 Å². The number of benzene rings is 3. The molecule has 5 rings (SSSR count). The number of ether oxygens (including phenoxy) is 3. The van der Waals surface area contributed by atoms with Crippen molar-refractivity contribution in [3.05, 3.63) is 95.2 Å². The van der Waals surface area contributed by atoms with Gasteiger partial charge in [-0.05, 0) is 67.4 Å². The highest BCUT2D eigenvalue weighted by molar-refractivity contribution is 6.46. The third kappa shape index (κ3) is 4.81. The van der Waals surface area contributed by atoms with Crippen LogP contribution in [0.1, 0.15) is 29.7 Å². The van der Waals surface area contributed by atoms with Crippen LogP contribution in [0, 0.1) is 0 Å². The highest BCUT2D eigenvalue weighted by Gasteiger charge is 2.47. The van der Waals surface area contributed by atoms with Gasteiger partial charge in [0.1, 0.15) is 23.0 Å². The second kappa shape index (κ2) is 10.9. The molecule has 4 aromatic rings. The highest BCUT2D eigenvalue weighted by Crippen LogP contribution is 2.44. The summed E-state index contributed by atoms with van der Waals surface area (Å²) in [6.45, 7) is 2.63. The van der Waals surface area contributed by atoms with Crippen molar-refractivity contribution in [2.24, 2.45) is 0 Å². The van der Waals surface area contributed by atoms with Crippen molar-refractivity contribution < 1.29 is 28.9 Å². The van der Waals surface area contributed by atoms with Crippen molar-refractivity contribution in [3.63, 3.8) is 0 Å². The van der Waals surface area contributed by atoms with Crippen molar-refractivity contribution in [1.29, 1.82) is 0 Å². The molecule has 1 aliphatic rings. The normalized spacial score (nSPS) is 16.6. The number of nitrogens with one attached hydrogen (secondary N) is 1. The fourth-order valence-corrected chi connectivity index (χ4v) is 5.10. The molecule has 0 aliphatic carbocycles. The number of hydrogen-bond donors (Lipinski definition) is 2. The van der Waals surface area contributed by atoms with Gasteiger partial charge in [0.2, 0.25) is 0 Å². The quantitative estimate of drug-likeness (QED) is 0.176. The van der Waals surface area contributed by atoms with Gasteiger partial charge in [0.15, 0.2) is 0 Å². The predicted molar refractivity (Wildman–Crippen MR) is 148 cm³/mol. The Morgan fingerprint density at radius 1 is 0.974 bits per heavy atom. The van der Waals surface area contributed by atoms with E-state index < -0.39 is 17.7 Å². The van der Waals surface area contributed by atoms with Crippen LogP contribution < -0.4 is 14.2 Å². The summed E-state index contributed by atoms with van der Waals surface area (Å²) in [5.41, 5.74) is 2.96. The van der Waals surface area contributed by atoms with Crippen molar-refractivity contribution in [1.82, 2.24) is 9.88 Å². The van der Waals surface area contributed by atoms with E-state index in [4.69, 9.17) is 14.2 Å². The molecule has 2 heterocycles. The number of aromatic nitrogens is 1. The first kappa shape index (κ1) is 25.9. The Balaban J connectivity index is 1.60. The number of aromatic amines is 1. The van der Waals surface area contributed by atoms with Gasteiger partial charge in [0.05, 0.1) is 32.4 Å². The number of hydrogen-bond acceptors (Lipinski definition) is 6. The lowest BCUT2D eigenvalue weighted by Crippen LogP contribution is -2.31. The summed E-state index contributed by atoms with van der Waals surface area (Å²) in [7, 11) is 3.06. The summed E-state index contributed by atoms with van der Waals surface area (Å²) in [6, 6.07) is 19.0. The number of likely N-dealkylation sites (tertiary alicyclic amines) is 1. The molecule has 1 saturated heterocycles. The van der Waals surface area contributed by atoms with Crippen molar-refractivity contribution in [2.45, 2.75) is 19.4 Å². The van der Waals surface area contributed by atoms with E-state index in [1.807, 2.05) is 37.4 Å². The molecule has 1 aromatic heterocycles. The fraction of sp³-hybridized carbons (Fsp3) is 0.226. The first-order valence-corrected chi connectivity index (χ1v) is 12.7. The number of nitrogens with zero attached hydrogens (tertiary/aromatic N) is 1. The Morgan fingerprint density at radius 2 is 1.72 bits per heavy atom. The SMILES string of the molecule is CCOc1ccc(C(O)=C2C(=O)C(=O)N(CCc3c[nH]c4ccccc34)[C@H]2c2cc(OC)ccc2OC)cc1. The molecule has 0 saturated carbocycles. The van der Waals surface area contributed by atoms with Crippen molar-refractivity contribution in [3.8, 4) is 17.2 Å². The molecule has 3 aromatic carbocycles. The molecule has 8 heteroatoms. The van der Waals surface area contributed by atoms with Gasteiger partial charge in [-0.2, -0.15) is 0 Å². The maximum Gasteiger partial charge on any atom is 0.295 e. The minimum Gasteiger partial charge on any atom is -0.507 e. The van der Waals surface area contributed by atoms with Crippen LogP contribution in [-0.4, -0.2) is 54.1 Å². The largest absolute Gasteiger partial charge is 0.507 e. The van der Waals surface area contributed by atoms with Crippen LogP contribution in [0.5, 0.6) is 17.2 Å². The Labute approximate surface area is 226 Å². The topological polar surface area (TPSA) is 101 Å². The van der Waals surface area contributed by atoms with E-state index in [0.29, 0.717) is 41.4 Å². The van der Waals surface area contributed by atoms with Gasteiger partial charge in [-0.25, -0.2) is 0 Å². The third-order valence-electron chi connectivity index (χ3n) is 7.01. The second-order valence-electron chi connectivity index (χ2n) is 9.17. The van der Waals surface area contributed by atoms with Gasteiger partial charge in [-0.3, -0.25) is 9.59 Å². The number of rotatable bonds is 9. The van der Waals surface area contributed by atoms with Gasteiger partial charge in [-0.15, -0.1) is 0 Å². The summed E-state index contributed by atoms with van der Waals surface area (Å²) in [6.07, 6.45) is 2.42. The Kier molecular flexibility index (Phi) is 7.27. The maximum absolute atomic E-state index is 13.5. The number of fused-ring (bicyclic) bond motifs is 1. The molecular formula is C31H30N2O6. The first-order valence-electron chi connectivity index (χ1n) is 12.7. The van der Waals surface area contributed by atoms with Crippen LogP contribution >= 0.6 is 0 Å².